The first-order valence-electron chi connectivity index (χ1n) is 18.4. The van der Waals surface area contributed by atoms with Gasteiger partial charge in [0, 0.05) is 19.4 Å². The van der Waals surface area contributed by atoms with E-state index < -0.39 is 55.0 Å². The van der Waals surface area contributed by atoms with Crippen LogP contribution < -0.4 is 16.8 Å². The quantitative estimate of drug-likeness (QED) is 0.0677. The van der Waals surface area contributed by atoms with Crippen LogP contribution in [-0.4, -0.2) is 87.7 Å². The van der Waals surface area contributed by atoms with E-state index >= 15 is 0 Å². The number of hydrogen-bond donors (Lipinski definition) is 6. The van der Waals surface area contributed by atoms with E-state index in [0.29, 0.717) is 13.0 Å². The van der Waals surface area contributed by atoms with Crippen LogP contribution in [0.5, 0.6) is 0 Å². The highest BCUT2D eigenvalue weighted by molar-refractivity contribution is 5.83. The third-order valence-corrected chi connectivity index (χ3v) is 9.12. The number of carbonyl (C=O) groups is 3. The Bertz CT molecular complexity index is 818. The van der Waals surface area contributed by atoms with Gasteiger partial charge in [-0.2, -0.15) is 0 Å². The first-order valence-corrected chi connectivity index (χ1v) is 18.4. The molecule has 1 aliphatic heterocycles. The van der Waals surface area contributed by atoms with Gasteiger partial charge in [0.2, 0.25) is 17.7 Å². The molecule has 270 valence electrons. The maximum Gasteiger partial charge on any atom is 0.237 e. The van der Waals surface area contributed by atoms with Gasteiger partial charge in [-0.3, -0.25) is 14.4 Å². The Kier molecular flexibility index (Phi) is 24.1. The van der Waals surface area contributed by atoms with Crippen molar-refractivity contribution < 1.29 is 34.4 Å². The summed E-state index contributed by atoms with van der Waals surface area (Å²) in [4.78, 5) is 39.5. The molecule has 1 saturated heterocycles. The maximum absolute atomic E-state index is 13.7. The first-order chi connectivity index (χ1) is 22.2. The van der Waals surface area contributed by atoms with Crippen LogP contribution in [0.4, 0.5) is 0 Å². The predicted molar refractivity (Wildman–Crippen MR) is 181 cm³/mol. The molecule has 1 fully saturated rings. The molecule has 8 N–H and O–H groups in total. The number of aliphatic hydroxyl groups is 3. The molecular formula is C35H68N4O7. The molecule has 0 aromatic carbocycles. The van der Waals surface area contributed by atoms with Gasteiger partial charge in [0.25, 0.3) is 0 Å². The minimum atomic E-state index is -1.51. The number of aliphatic hydroxyl groups excluding tert-OH is 3. The highest BCUT2D eigenvalue weighted by atomic mass is 16.5. The van der Waals surface area contributed by atoms with Crippen LogP contribution in [0.25, 0.3) is 0 Å². The highest BCUT2D eigenvalue weighted by Gasteiger charge is 2.48. The molecule has 0 saturated carbocycles. The number of hydrogen-bond acceptors (Lipinski definition) is 8. The second kappa shape index (κ2) is 26.2. The van der Waals surface area contributed by atoms with Crippen molar-refractivity contribution in [2.24, 2.45) is 11.5 Å². The van der Waals surface area contributed by atoms with Gasteiger partial charge in [-0.1, -0.05) is 123 Å². The molecule has 0 bridgehead atoms. The van der Waals surface area contributed by atoms with Crippen molar-refractivity contribution in [1.82, 2.24) is 10.2 Å². The van der Waals surface area contributed by atoms with Crippen molar-refractivity contribution >= 4 is 17.7 Å². The van der Waals surface area contributed by atoms with Gasteiger partial charge in [-0.25, -0.2) is 0 Å². The van der Waals surface area contributed by atoms with Crippen molar-refractivity contribution in [3.63, 3.8) is 0 Å². The summed E-state index contributed by atoms with van der Waals surface area (Å²) in [5, 5.41) is 34.3. The summed E-state index contributed by atoms with van der Waals surface area (Å²) in [5.74, 6) is -1.40. The molecule has 0 aromatic rings. The molecule has 0 spiro atoms. The number of nitrogens with one attached hydrogen (secondary N) is 1. The summed E-state index contributed by atoms with van der Waals surface area (Å²) in [7, 11) is 0. The van der Waals surface area contributed by atoms with Gasteiger partial charge >= 0.3 is 0 Å². The molecule has 6 atom stereocenters. The van der Waals surface area contributed by atoms with E-state index in [9.17, 15) is 29.7 Å². The average molecular weight is 657 g/mol. The van der Waals surface area contributed by atoms with Crippen LogP contribution in [0.2, 0.25) is 0 Å². The van der Waals surface area contributed by atoms with E-state index in [0.717, 1.165) is 51.4 Å². The van der Waals surface area contributed by atoms with Crippen molar-refractivity contribution in [2.45, 2.75) is 192 Å². The van der Waals surface area contributed by atoms with Gasteiger partial charge < -0.3 is 41.7 Å². The first kappa shape index (κ1) is 42.2. The monoisotopic (exact) mass is 657 g/mol. The zero-order chi connectivity index (χ0) is 34.2. The van der Waals surface area contributed by atoms with Crippen molar-refractivity contribution in [3.05, 3.63) is 0 Å². The number of amides is 3. The second-order valence-electron chi connectivity index (χ2n) is 13.2. The Balaban J connectivity index is 2.91. The molecule has 11 heteroatoms. The van der Waals surface area contributed by atoms with E-state index in [-0.39, 0.29) is 18.7 Å². The fraction of sp³-hybridized carbons (Fsp3) is 0.914. The lowest BCUT2D eigenvalue weighted by molar-refractivity contribution is -0.231. The third kappa shape index (κ3) is 17.4. The lowest BCUT2D eigenvalue weighted by atomic mass is 9.94. The van der Waals surface area contributed by atoms with E-state index in [1.807, 2.05) is 0 Å². The summed E-state index contributed by atoms with van der Waals surface area (Å²) < 4.78 is 6.04. The Labute approximate surface area is 278 Å². The zero-order valence-electron chi connectivity index (χ0n) is 29.0. The van der Waals surface area contributed by atoms with Crippen molar-refractivity contribution in [3.8, 4) is 0 Å². The predicted octanol–water partition coefficient (Wildman–Crippen LogP) is 4.17. The normalized spacial score (nSPS) is 22.0. The molecular weight excluding hydrogens is 588 g/mol. The topological polar surface area (TPSA) is 188 Å². The van der Waals surface area contributed by atoms with Crippen LogP contribution in [0.3, 0.4) is 0 Å². The van der Waals surface area contributed by atoms with Gasteiger partial charge in [0.1, 0.15) is 24.4 Å². The third-order valence-electron chi connectivity index (χ3n) is 9.12. The Morgan fingerprint density at radius 1 is 0.739 bits per heavy atom. The summed E-state index contributed by atoms with van der Waals surface area (Å²) in [6.45, 7) is 4.22. The number of unbranched alkanes of at least 4 members (excludes halogenated alkanes) is 17. The average Bonchev–Trinajstić information content (AvgIpc) is 3.04. The van der Waals surface area contributed by atoms with Crippen molar-refractivity contribution in [1.29, 1.82) is 0 Å². The summed E-state index contributed by atoms with van der Waals surface area (Å²) in [5.41, 5.74) is 11.2. The number of nitrogens with two attached hydrogens (primary N) is 2. The Morgan fingerprint density at radius 2 is 1.22 bits per heavy atom. The van der Waals surface area contributed by atoms with Gasteiger partial charge in [-0.05, 0) is 19.3 Å². The number of ether oxygens (including phenoxy) is 1. The molecule has 1 heterocycles. The molecule has 0 radical (unpaired) electrons. The standard InChI is InChI=1S/C35H68N4O7/c1-3-5-7-9-11-13-15-17-19-21-25-39(30(42)22-20-18-16-14-12-10-8-6-4-2)35-31(33(44)32(43)28(26-40)46-35)38-34(45)27(36)23-24-29(37)41/h27-28,31-33,35,40,43-44H,3-26,36H2,1-2H3,(H2,37,41)(H,38,45)/t27-,28+,31+,32+,33+,35+/m0/s1. The molecule has 11 nitrogen and oxygen atoms in total. The molecule has 46 heavy (non-hydrogen) atoms. The van der Waals surface area contributed by atoms with Crippen LogP contribution in [-0.2, 0) is 19.1 Å². The van der Waals surface area contributed by atoms with Gasteiger partial charge in [0.05, 0.1) is 12.6 Å². The van der Waals surface area contributed by atoms with Crippen LogP contribution in [0.15, 0.2) is 0 Å². The molecule has 0 aliphatic carbocycles. The molecule has 1 rings (SSSR count). The summed E-state index contributed by atoms with van der Waals surface area (Å²) >= 11 is 0. The van der Waals surface area contributed by atoms with E-state index in [1.165, 1.54) is 70.6 Å². The molecule has 1 aliphatic rings. The minimum Gasteiger partial charge on any atom is -0.394 e. The maximum atomic E-state index is 13.7. The minimum absolute atomic E-state index is 0.0111. The summed E-state index contributed by atoms with van der Waals surface area (Å²) in [6.07, 6.45) is 16.5. The number of primary amides is 1. The number of nitrogens with zero attached hydrogens (tertiary/aromatic N) is 1. The fourth-order valence-electron chi connectivity index (χ4n) is 6.11. The van der Waals surface area contributed by atoms with Crippen LogP contribution in [0, 0.1) is 0 Å². The fourth-order valence-corrected chi connectivity index (χ4v) is 6.11. The second-order valence-corrected chi connectivity index (χ2v) is 13.2. The smallest absolute Gasteiger partial charge is 0.237 e. The molecule has 0 aromatic heterocycles. The molecule has 0 unspecified atom stereocenters. The highest BCUT2D eigenvalue weighted by Crippen LogP contribution is 2.26. The SMILES string of the molecule is CCCCCCCCCCCCN(C(=O)CCCCCCCCCCC)[C@@H]1O[C@H](CO)[C@@H](O)[C@H](O)[C@H]1NC(=O)[C@@H](N)CCC(N)=O. The number of carbonyl (C=O) groups excluding carboxylic acids is 3. The van der Waals surface area contributed by atoms with Crippen LogP contribution in [0.1, 0.15) is 155 Å². The van der Waals surface area contributed by atoms with E-state index in [1.54, 1.807) is 4.90 Å². The zero-order valence-corrected chi connectivity index (χ0v) is 29.0. The van der Waals surface area contributed by atoms with Crippen LogP contribution >= 0.6 is 0 Å². The lowest BCUT2D eigenvalue weighted by Gasteiger charge is -2.47. The lowest BCUT2D eigenvalue weighted by Crippen LogP contribution is -2.69. The van der Waals surface area contributed by atoms with Crippen molar-refractivity contribution in [2.75, 3.05) is 13.2 Å². The summed E-state index contributed by atoms with van der Waals surface area (Å²) in [6, 6.07) is -2.26. The van der Waals surface area contributed by atoms with E-state index in [4.69, 9.17) is 16.2 Å². The largest absolute Gasteiger partial charge is 0.394 e. The van der Waals surface area contributed by atoms with Gasteiger partial charge in [0.15, 0.2) is 6.23 Å². The molecule has 3 amide bonds. The Hall–Kier alpha value is -1.79. The van der Waals surface area contributed by atoms with Gasteiger partial charge in [-0.15, -0.1) is 0 Å². The number of rotatable bonds is 28. The Morgan fingerprint density at radius 3 is 1.70 bits per heavy atom. The van der Waals surface area contributed by atoms with E-state index in [2.05, 4.69) is 19.2 Å².